The van der Waals surface area contributed by atoms with Crippen LogP contribution in [0.25, 0.3) is 11.3 Å². The molecular weight excluding hydrogens is 355 g/mol. The van der Waals surface area contributed by atoms with Crippen LogP contribution in [0.3, 0.4) is 0 Å². The smallest absolute Gasteiger partial charge is 0.155 e. The van der Waals surface area contributed by atoms with Crippen LogP contribution in [-0.2, 0) is 5.60 Å². The Labute approximate surface area is 155 Å². The zero-order chi connectivity index (χ0) is 19.3. The van der Waals surface area contributed by atoms with Crippen molar-refractivity contribution in [3.8, 4) is 11.3 Å². The molecule has 4 nitrogen and oxygen atoms in total. The molecule has 0 bridgehead atoms. The van der Waals surface area contributed by atoms with Gasteiger partial charge in [-0.2, -0.15) is 0 Å². The Morgan fingerprint density at radius 1 is 1.22 bits per heavy atom. The number of nitrogens with two attached hydrogens (primary N) is 1. The Morgan fingerprint density at radius 3 is 2.48 bits per heavy atom. The number of pyridine rings is 1. The molecule has 1 atom stereocenters. The summed E-state index contributed by atoms with van der Waals surface area (Å²) in [6.45, 7) is 2.23. The highest BCUT2D eigenvalue weighted by Crippen LogP contribution is 2.43. The Balaban J connectivity index is 1.92. The number of benzene rings is 1. The summed E-state index contributed by atoms with van der Waals surface area (Å²) in [4.78, 5) is 4.39. The van der Waals surface area contributed by atoms with Crippen LogP contribution in [0.1, 0.15) is 35.6 Å². The third kappa shape index (κ3) is 3.13. The normalized spacial score (nSPS) is 19.6. The van der Waals surface area contributed by atoms with E-state index < -0.39 is 23.1 Å². The molecule has 1 unspecified atom stereocenters. The van der Waals surface area contributed by atoms with Crippen molar-refractivity contribution in [2.45, 2.75) is 31.3 Å². The molecule has 1 aliphatic carbocycles. The molecule has 4 N–H and O–H groups in total. The van der Waals surface area contributed by atoms with Crippen molar-refractivity contribution >= 4 is 0 Å². The molecule has 1 aromatic carbocycles. The van der Waals surface area contributed by atoms with Gasteiger partial charge in [0.1, 0.15) is 22.9 Å². The van der Waals surface area contributed by atoms with Crippen molar-refractivity contribution in [1.29, 1.82) is 0 Å². The molecule has 4 rings (SSSR count). The first kappa shape index (κ1) is 18.4. The number of aromatic nitrogens is 1. The van der Waals surface area contributed by atoms with Crippen LogP contribution in [-0.4, -0.2) is 29.7 Å². The number of rotatable bonds is 5. The Morgan fingerprint density at radius 2 is 1.93 bits per heavy atom. The number of aliphatic hydroxyl groups is 1. The van der Waals surface area contributed by atoms with E-state index in [0.29, 0.717) is 18.2 Å². The summed E-state index contributed by atoms with van der Waals surface area (Å²) in [6.07, 6.45) is 2.03. The molecule has 2 aliphatic rings. The average molecular weight is 377 g/mol. The molecule has 27 heavy (non-hydrogen) atoms. The standard InChI is InChI=1S/C20H22F3N3O/c1-10-4-12(16(22)6-15(10)21)19-18(23)14(20(27)8-25-9-20)5-17(26-19)13(7-24)11-2-3-11/h4-6,11,13,25,27H,2-3,7-9,24H2,1H3. The van der Waals surface area contributed by atoms with Gasteiger partial charge in [-0.25, -0.2) is 18.2 Å². The van der Waals surface area contributed by atoms with Gasteiger partial charge in [-0.3, -0.25) is 0 Å². The van der Waals surface area contributed by atoms with E-state index >= 15 is 4.39 Å². The summed E-state index contributed by atoms with van der Waals surface area (Å²) in [7, 11) is 0. The van der Waals surface area contributed by atoms with Crippen molar-refractivity contribution in [2.75, 3.05) is 19.6 Å². The highest BCUT2D eigenvalue weighted by molar-refractivity contribution is 5.64. The second-order valence-electron chi connectivity index (χ2n) is 7.65. The molecule has 0 radical (unpaired) electrons. The van der Waals surface area contributed by atoms with Gasteiger partial charge < -0.3 is 16.2 Å². The zero-order valence-electron chi connectivity index (χ0n) is 15.0. The fourth-order valence-corrected chi connectivity index (χ4v) is 3.70. The minimum absolute atomic E-state index is 0.0793. The highest BCUT2D eigenvalue weighted by atomic mass is 19.1. The Bertz CT molecular complexity index is 895. The largest absolute Gasteiger partial charge is 0.382 e. The van der Waals surface area contributed by atoms with E-state index in [9.17, 15) is 13.9 Å². The van der Waals surface area contributed by atoms with Gasteiger partial charge in [0.2, 0.25) is 0 Å². The van der Waals surface area contributed by atoms with E-state index in [2.05, 4.69) is 10.3 Å². The van der Waals surface area contributed by atoms with Crippen molar-refractivity contribution in [1.82, 2.24) is 10.3 Å². The quantitative estimate of drug-likeness (QED) is 0.749. The van der Waals surface area contributed by atoms with Crippen molar-refractivity contribution in [2.24, 2.45) is 11.7 Å². The van der Waals surface area contributed by atoms with Gasteiger partial charge in [0.05, 0.1) is 0 Å². The fraction of sp³-hybridized carbons (Fsp3) is 0.450. The first-order valence-corrected chi connectivity index (χ1v) is 9.14. The van der Waals surface area contributed by atoms with Gasteiger partial charge in [-0.05, 0) is 43.4 Å². The molecule has 2 heterocycles. The summed E-state index contributed by atoms with van der Waals surface area (Å²) in [6, 6.07) is 3.55. The molecule has 1 saturated carbocycles. The van der Waals surface area contributed by atoms with Gasteiger partial charge in [0.15, 0.2) is 5.82 Å². The molecule has 7 heteroatoms. The number of halogens is 3. The van der Waals surface area contributed by atoms with Crippen LogP contribution in [0.2, 0.25) is 0 Å². The SMILES string of the molecule is Cc1cc(-c2nc(C(CN)C3CC3)cc(C3(O)CNC3)c2F)c(F)cc1F. The van der Waals surface area contributed by atoms with Gasteiger partial charge in [0.25, 0.3) is 0 Å². The molecule has 1 aromatic heterocycles. The third-order valence-electron chi connectivity index (χ3n) is 5.64. The molecule has 1 aliphatic heterocycles. The lowest BCUT2D eigenvalue weighted by Gasteiger charge is -2.38. The number of hydrogen-bond donors (Lipinski definition) is 3. The average Bonchev–Trinajstić information content (AvgIpc) is 3.43. The monoisotopic (exact) mass is 377 g/mol. The van der Waals surface area contributed by atoms with Crippen molar-refractivity contribution in [3.63, 3.8) is 0 Å². The number of hydrogen-bond acceptors (Lipinski definition) is 4. The van der Waals surface area contributed by atoms with Gasteiger partial charge in [0, 0.05) is 48.4 Å². The molecule has 0 spiro atoms. The maximum atomic E-state index is 15.3. The predicted molar refractivity (Wildman–Crippen MR) is 95.6 cm³/mol. The lowest BCUT2D eigenvalue weighted by Crippen LogP contribution is -2.57. The first-order chi connectivity index (χ1) is 12.8. The zero-order valence-corrected chi connectivity index (χ0v) is 15.0. The molecule has 2 aromatic rings. The van der Waals surface area contributed by atoms with Crippen LogP contribution < -0.4 is 11.1 Å². The van der Waals surface area contributed by atoms with Crippen LogP contribution in [0.5, 0.6) is 0 Å². The molecule has 144 valence electrons. The molecule has 0 amide bonds. The molecular formula is C20H22F3N3O. The van der Waals surface area contributed by atoms with Crippen molar-refractivity contribution in [3.05, 3.63) is 52.5 Å². The summed E-state index contributed by atoms with van der Waals surface area (Å²) < 4.78 is 43.4. The second kappa shape index (κ2) is 6.58. The maximum Gasteiger partial charge on any atom is 0.155 e. The molecule has 1 saturated heterocycles. The van der Waals surface area contributed by atoms with Gasteiger partial charge in [-0.1, -0.05) is 0 Å². The lowest BCUT2D eigenvalue weighted by molar-refractivity contribution is -0.0178. The van der Waals surface area contributed by atoms with E-state index in [4.69, 9.17) is 5.73 Å². The lowest BCUT2D eigenvalue weighted by atomic mass is 9.85. The summed E-state index contributed by atoms with van der Waals surface area (Å²) in [5, 5.41) is 13.6. The molecule has 2 fully saturated rings. The van der Waals surface area contributed by atoms with Crippen molar-refractivity contribution < 1.29 is 18.3 Å². The van der Waals surface area contributed by atoms with E-state index in [1.54, 1.807) is 6.07 Å². The van der Waals surface area contributed by atoms with Crippen LogP contribution >= 0.6 is 0 Å². The number of β-amino-alcohol motifs (C(OH)–C–C–N with tert-alkyl or cyclic N) is 1. The van der Waals surface area contributed by atoms with E-state index in [-0.39, 0.29) is 41.4 Å². The van der Waals surface area contributed by atoms with Crippen LogP contribution in [0.4, 0.5) is 13.2 Å². The van der Waals surface area contributed by atoms with E-state index in [1.165, 1.54) is 13.0 Å². The number of nitrogens with zero attached hydrogens (tertiary/aromatic N) is 1. The minimum Gasteiger partial charge on any atom is -0.382 e. The van der Waals surface area contributed by atoms with E-state index in [1.807, 2.05) is 0 Å². The van der Waals surface area contributed by atoms with E-state index in [0.717, 1.165) is 18.9 Å². The third-order valence-corrected chi connectivity index (χ3v) is 5.64. The Hall–Kier alpha value is -1.96. The predicted octanol–water partition coefficient (Wildman–Crippen LogP) is 2.72. The first-order valence-electron chi connectivity index (χ1n) is 9.14. The van der Waals surface area contributed by atoms with Gasteiger partial charge in [-0.15, -0.1) is 0 Å². The second-order valence-corrected chi connectivity index (χ2v) is 7.65. The number of aryl methyl sites for hydroxylation is 1. The topological polar surface area (TPSA) is 71.2 Å². The summed E-state index contributed by atoms with van der Waals surface area (Å²) in [5.74, 6) is -2.08. The highest BCUT2D eigenvalue weighted by Gasteiger charge is 2.41. The van der Waals surface area contributed by atoms with Gasteiger partial charge >= 0.3 is 0 Å². The maximum absolute atomic E-state index is 15.3. The Kier molecular flexibility index (Phi) is 4.49. The summed E-state index contributed by atoms with van der Waals surface area (Å²) in [5.41, 5.74) is 5.06. The van der Waals surface area contributed by atoms with Crippen LogP contribution in [0, 0.1) is 30.3 Å². The number of nitrogens with one attached hydrogen (secondary N) is 1. The summed E-state index contributed by atoms with van der Waals surface area (Å²) >= 11 is 0. The minimum atomic E-state index is -1.37. The fourth-order valence-electron chi connectivity index (χ4n) is 3.70. The van der Waals surface area contributed by atoms with Crippen LogP contribution in [0.15, 0.2) is 18.2 Å².